The monoisotopic (exact) mass is 317 g/mol. The quantitative estimate of drug-likeness (QED) is 0.937. The molecule has 2 aromatic carbocycles. The third-order valence-corrected chi connectivity index (χ3v) is 4.40. The first kappa shape index (κ1) is 14.7. The van der Waals surface area contributed by atoms with Crippen LogP contribution in [0.1, 0.15) is 5.56 Å². The molecule has 106 valence electrons. The van der Waals surface area contributed by atoms with Gasteiger partial charge in [-0.25, -0.2) is 17.2 Å². The molecule has 0 heterocycles. The lowest BCUT2D eigenvalue weighted by Crippen LogP contribution is -2.14. The van der Waals surface area contributed by atoms with Crippen molar-refractivity contribution in [2.45, 2.75) is 11.8 Å². The van der Waals surface area contributed by atoms with Crippen LogP contribution < -0.4 is 4.72 Å². The summed E-state index contributed by atoms with van der Waals surface area (Å²) in [6.07, 6.45) is 0. The topological polar surface area (TPSA) is 46.2 Å². The molecule has 0 bridgehead atoms. The first-order valence-corrected chi connectivity index (χ1v) is 7.40. The Morgan fingerprint density at radius 1 is 1.10 bits per heavy atom. The summed E-state index contributed by atoms with van der Waals surface area (Å²) in [7, 11) is -4.09. The fourth-order valence-corrected chi connectivity index (χ4v) is 3.20. The smallest absolute Gasteiger partial charge is 0.263 e. The van der Waals surface area contributed by atoms with Crippen molar-refractivity contribution in [3.05, 3.63) is 58.6 Å². The van der Waals surface area contributed by atoms with Crippen LogP contribution in [0, 0.1) is 18.6 Å². The minimum absolute atomic E-state index is 0.189. The Bertz CT molecular complexity index is 763. The van der Waals surface area contributed by atoms with Gasteiger partial charge in [0.2, 0.25) is 0 Å². The molecule has 2 aromatic rings. The van der Waals surface area contributed by atoms with E-state index in [0.717, 1.165) is 24.3 Å². The Kier molecular flexibility index (Phi) is 3.96. The zero-order valence-corrected chi connectivity index (χ0v) is 11.9. The van der Waals surface area contributed by atoms with Crippen molar-refractivity contribution < 1.29 is 17.2 Å². The predicted molar refractivity (Wildman–Crippen MR) is 73.4 cm³/mol. The van der Waals surface area contributed by atoms with Gasteiger partial charge in [0, 0.05) is 0 Å². The molecule has 0 aliphatic rings. The average molecular weight is 318 g/mol. The number of hydrogen-bond donors (Lipinski definition) is 1. The van der Waals surface area contributed by atoms with Gasteiger partial charge in [0.1, 0.15) is 16.5 Å². The molecule has 0 atom stereocenters. The fourth-order valence-electron chi connectivity index (χ4n) is 1.61. The second kappa shape index (κ2) is 5.38. The van der Waals surface area contributed by atoms with E-state index >= 15 is 0 Å². The van der Waals surface area contributed by atoms with E-state index in [1.807, 2.05) is 0 Å². The molecule has 0 aromatic heterocycles. The van der Waals surface area contributed by atoms with Crippen molar-refractivity contribution in [1.29, 1.82) is 0 Å². The Labute approximate surface area is 120 Å². The van der Waals surface area contributed by atoms with Crippen LogP contribution in [-0.4, -0.2) is 8.42 Å². The summed E-state index contributed by atoms with van der Waals surface area (Å²) >= 11 is 5.70. The number of benzene rings is 2. The maximum atomic E-state index is 13.6. The second-order valence-corrected chi connectivity index (χ2v) is 6.22. The number of aryl methyl sites for hydroxylation is 1. The molecule has 0 aliphatic heterocycles. The first-order chi connectivity index (χ1) is 9.29. The van der Waals surface area contributed by atoms with Crippen LogP contribution >= 0.6 is 11.6 Å². The third-order valence-electron chi connectivity index (χ3n) is 2.55. The molecule has 0 aliphatic carbocycles. The molecule has 0 radical (unpaired) electrons. The molecule has 7 heteroatoms. The standard InChI is InChI=1S/C13H10ClF2NO2S/c1-8-2-4-11(16)12(6-8)17-20(18,19)13-5-3-9(15)7-10(13)14/h2-7,17H,1H3. The lowest BCUT2D eigenvalue weighted by Gasteiger charge is -2.10. The van der Waals surface area contributed by atoms with Gasteiger partial charge < -0.3 is 0 Å². The minimum Gasteiger partial charge on any atom is -0.277 e. The molecule has 2 rings (SSSR count). The summed E-state index contributed by atoms with van der Waals surface area (Å²) in [6.45, 7) is 1.70. The van der Waals surface area contributed by atoms with E-state index in [1.165, 1.54) is 12.1 Å². The largest absolute Gasteiger partial charge is 0.277 e. The summed E-state index contributed by atoms with van der Waals surface area (Å²) in [4.78, 5) is -0.318. The van der Waals surface area contributed by atoms with Gasteiger partial charge in [-0.15, -0.1) is 0 Å². The van der Waals surface area contributed by atoms with Crippen molar-refractivity contribution >= 4 is 27.3 Å². The van der Waals surface area contributed by atoms with E-state index in [0.29, 0.717) is 5.56 Å². The number of rotatable bonds is 3. The van der Waals surface area contributed by atoms with Crippen molar-refractivity contribution in [1.82, 2.24) is 0 Å². The molecule has 0 saturated heterocycles. The van der Waals surface area contributed by atoms with Crippen LogP contribution in [0.5, 0.6) is 0 Å². The summed E-state index contributed by atoms with van der Waals surface area (Å²) < 4.78 is 52.8. The number of nitrogens with one attached hydrogen (secondary N) is 1. The summed E-state index contributed by atoms with van der Waals surface area (Å²) in [5, 5.41) is -0.273. The second-order valence-electron chi connectivity index (χ2n) is 4.16. The highest BCUT2D eigenvalue weighted by molar-refractivity contribution is 7.92. The molecule has 0 amide bonds. The molecular formula is C13H10ClF2NO2S. The van der Waals surface area contributed by atoms with Gasteiger partial charge in [-0.05, 0) is 42.8 Å². The van der Waals surface area contributed by atoms with Crippen LogP contribution in [0.15, 0.2) is 41.3 Å². The van der Waals surface area contributed by atoms with E-state index < -0.39 is 21.7 Å². The highest BCUT2D eigenvalue weighted by Gasteiger charge is 2.20. The van der Waals surface area contributed by atoms with Crippen molar-refractivity contribution in [3.8, 4) is 0 Å². The van der Waals surface area contributed by atoms with Crippen LogP contribution in [0.25, 0.3) is 0 Å². The van der Waals surface area contributed by atoms with E-state index in [9.17, 15) is 17.2 Å². The van der Waals surface area contributed by atoms with Gasteiger partial charge >= 0.3 is 0 Å². The summed E-state index contributed by atoms with van der Waals surface area (Å²) in [5.41, 5.74) is 0.500. The van der Waals surface area contributed by atoms with Crippen LogP contribution in [0.3, 0.4) is 0 Å². The number of halogens is 3. The molecule has 3 nitrogen and oxygen atoms in total. The number of sulfonamides is 1. The van der Waals surface area contributed by atoms with E-state index in [4.69, 9.17) is 11.6 Å². The van der Waals surface area contributed by atoms with Gasteiger partial charge in [0.15, 0.2) is 0 Å². The third kappa shape index (κ3) is 3.08. The predicted octanol–water partition coefficient (Wildman–Crippen LogP) is 3.73. The zero-order chi connectivity index (χ0) is 14.9. The lowest BCUT2D eigenvalue weighted by molar-refractivity contribution is 0.597. The maximum absolute atomic E-state index is 13.6. The summed E-state index contributed by atoms with van der Waals surface area (Å²) in [6, 6.07) is 6.88. The van der Waals surface area contributed by atoms with Crippen LogP contribution in [-0.2, 0) is 10.0 Å². The van der Waals surface area contributed by atoms with Gasteiger partial charge in [-0.2, -0.15) is 0 Å². The molecule has 0 saturated carbocycles. The molecule has 1 N–H and O–H groups in total. The van der Waals surface area contributed by atoms with Gasteiger partial charge in [-0.3, -0.25) is 4.72 Å². The van der Waals surface area contributed by atoms with Crippen molar-refractivity contribution in [2.24, 2.45) is 0 Å². The zero-order valence-electron chi connectivity index (χ0n) is 10.3. The van der Waals surface area contributed by atoms with Gasteiger partial charge in [0.25, 0.3) is 10.0 Å². The summed E-state index contributed by atoms with van der Waals surface area (Å²) in [5.74, 6) is -1.37. The highest BCUT2D eigenvalue weighted by atomic mass is 35.5. The minimum atomic E-state index is -4.09. The Hall–Kier alpha value is -1.66. The lowest BCUT2D eigenvalue weighted by atomic mass is 10.2. The average Bonchev–Trinajstić information content (AvgIpc) is 2.33. The maximum Gasteiger partial charge on any atom is 0.263 e. The van der Waals surface area contributed by atoms with Crippen LogP contribution in [0.2, 0.25) is 5.02 Å². The van der Waals surface area contributed by atoms with Crippen molar-refractivity contribution in [2.75, 3.05) is 4.72 Å². The van der Waals surface area contributed by atoms with Gasteiger partial charge in [-0.1, -0.05) is 17.7 Å². The molecule has 0 unspecified atom stereocenters. The number of hydrogen-bond acceptors (Lipinski definition) is 2. The Morgan fingerprint density at radius 2 is 1.80 bits per heavy atom. The highest BCUT2D eigenvalue weighted by Crippen LogP contribution is 2.26. The molecule has 0 fully saturated rings. The number of anilines is 1. The SMILES string of the molecule is Cc1ccc(F)c(NS(=O)(=O)c2ccc(F)cc2Cl)c1. The normalized spacial score (nSPS) is 11.4. The van der Waals surface area contributed by atoms with E-state index in [1.54, 1.807) is 6.92 Å². The van der Waals surface area contributed by atoms with Crippen LogP contribution in [0.4, 0.5) is 14.5 Å². The fraction of sp³-hybridized carbons (Fsp3) is 0.0769. The molecule has 0 spiro atoms. The first-order valence-electron chi connectivity index (χ1n) is 5.53. The molecular weight excluding hydrogens is 308 g/mol. The van der Waals surface area contributed by atoms with E-state index in [-0.39, 0.29) is 15.6 Å². The molecule has 20 heavy (non-hydrogen) atoms. The van der Waals surface area contributed by atoms with E-state index in [2.05, 4.69) is 4.72 Å². The Morgan fingerprint density at radius 3 is 2.45 bits per heavy atom. The van der Waals surface area contributed by atoms with Gasteiger partial charge in [0.05, 0.1) is 10.7 Å². The Balaban J connectivity index is 2.43. The van der Waals surface area contributed by atoms with Crippen molar-refractivity contribution in [3.63, 3.8) is 0 Å².